The Morgan fingerprint density at radius 3 is 2.85 bits per heavy atom. The monoisotopic (exact) mass is 354 g/mol. The van der Waals surface area contributed by atoms with Crippen molar-refractivity contribution in [1.82, 2.24) is 19.8 Å². The van der Waals surface area contributed by atoms with Crippen LogP contribution < -0.4 is 4.74 Å². The summed E-state index contributed by atoms with van der Waals surface area (Å²) >= 11 is 0. The Kier molecular flexibility index (Phi) is 5.46. The van der Waals surface area contributed by atoms with Gasteiger partial charge in [-0.1, -0.05) is 12.1 Å². The number of likely N-dealkylation sites (N-methyl/N-ethyl adjacent to an activating group) is 1. The summed E-state index contributed by atoms with van der Waals surface area (Å²) in [5.41, 5.74) is 1.10. The number of ether oxygens (including phenoxy) is 1. The summed E-state index contributed by atoms with van der Waals surface area (Å²) in [6.07, 6.45) is 3.05. The quantitative estimate of drug-likeness (QED) is 0.818. The number of nitrogens with zero attached hydrogens (tertiary/aromatic N) is 4. The van der Waals surface area contributed by atoms with E-state index in [-0.39, 0.29) is 11.8 Å². The van der Waals surface area contributed by atoms with Crippen LogP contribution in [0.3, 0.4) is 0 Å². The lowest BCUT2D eigenvalue weighted by Gasteiger charge is -2.27. The first-order valence-corrected chi connectivity index (χ1v) is 8.57. The molecule has 2 amide bonds. The van der Waals surface area contributed by atoms with Crippen LogP contribution in [0.15, 0.2) is 42.6 Å². The standard InChI is InChI=1S/C19H22N4O3/c1-22(13-14-7-5-10-17(21-14)26-2)19(25)16-9-6-12-23(16)18(24)15-8-3-4-11-20-15/h3-5,7-8,10-11,16H,6,9,12-13H2,1-2H3/t16-/m0/s1. The van der Waals surface area contributed by atoms with Crippen LogP contribution in [0.1, 0.15) is 29.0 Å². The molecule has 0 unspecified atom stereocenters. The predicted octanol–water partition coefficient (Wildman–Crippen LogP) is 1.75. The van der Waals surface area contributed by atoms with Crippen molar-refractivity contribution < 1.29 is 14.3 Å². The molecule has 0 aromatic carbocycles. The van der Waals surface area contributed by atoms with Crippen molar-refractivity contribution >= 4 is 11.8 Å². The number of carbonyl (C=O) groups excluding carboxylic acids is 2. The van der Waals surface area contributed by atoms with Crippen LogP contribution in [0.25, 0.3) is 0 Å². The molecule has 0 spiro atoms. The molecule has 0 bridgehead atoms. The molecular weight excluding hydrogens is 332 g/mol. The summed E-state index contributed by atoms with van der Waals surface area (Å²) in [4.78, 5) is 37.3. The number of amides is 2. The van der Waals surface area contributed by atoms with E-state index < -0.39 is 6.04 Å². The molecule has 2 aromatic rings. The summed E-state index contributed by atoms with van der Waals surface area (Å²) in [7, 11) is 3.28. The third kappa shape index (κ3) is 3.82. The topological polar surface area (TPSA) is 75.6 Å². The van der Waals surface area contributed by atoms with Crippen molar-refractivity contribution in [3.05, 3.63) is 54.0 Å². The Hall–Kier alpha value is -2.96. The van der Waals surface area contributed by atoms with Crippen LogP contribution in [0, 0.1) is 0 Å². The zero-order valence-corrected chi connectivity index (χ0v) is 15.0. The molecule has 7 nitrogen and oxygen atoms in total. The fourth-order valence-electron chi connectivity index (χ4n) is 3.14. The first-order valence-electron chi connectivity index (χ1n) is 8.57. The van der Waals surface area contributed by atoms with Crippen LogP contribution in [0.2, 0.25) is 0 Å². The first kappa shape index (κ1) is 17.8. The van der Waals surface area contributed by atoms with E-state index in [0.29, 0.717) is 31.1 Å². The molecule has 0 aliphatic carbocycles. The van der Waals surface area contributed by atoms with Gasteiger partial charge in [0, 0.05) is 25.9 Å². The minimum atomic E-state index is -0.458. The highest BCUT2D eigenvalue weighted by Crippen LogP contribution is 2.22. The van der Waals surface area contributed by atoms with Crippen LogP contribution in [0.5, 0.6) is 5.88 Å². The second-order valence-electron chi connectivity index (χ2n) is 6.24. The lowest BCUT2D eigenvalue weighted by Crippen LogP contribution is -2.46. The van der Waals surface area contributed by atoms with Crippen molar-refractivity contribution in [1.29, 1.82) is 0 Å². The average molecular weight is 354 g/mol. The molecule has 1 aliphatic heterocycles. The lowest BCUT2D eigenvalue weighted by atomic mass is 10.1. The highest BCUT2D eigenvalue weighted by molar-refractivity contribution is 5.96. The van der Waals surface area contributed by atoms with E-state index >= 15 is 0 Å². The molecular formula is C19H22N4O3. The second kappa shape index (κ2) is 7.95. The van der Waals surface area contributed by atoms with Crippen molar-refractivity contribution in [3.8, 4) is 5.88 Å². The Labute approximate surface area is 152 Å². The summed E-state index contributed by atoms with van der Waals surface area (Å²) < 4.78 is 5.12. The molecule has 3 heterocycles. The number of carbonyl (C=O) groups is 2. The maximum absolute atomic E-state index is 12.9. The van der Waals surface area contributed by atoms with E-state index in [1.807, 2.05) is 12.1 Å². The molecule has 1 saturated heterocycles. The lowest BCUT2D eigenvalue weighted by molar-refractivity contribution is -0.134. The average Bonchev–Trinajstić information content (AvgIpc) is 3.17. The summed E-state index contributed by atoms with van der Waals surface area (Å²) in [6.45, 7) is 0.926. The normalized spacial score (nSPS) is 16.4. The molecule has 3 rings (SSSR count). The molecule has 26 heavy (non-hydrogen) atoms. The van der Waals surface area contributed by atoms with Gasteiger partial charge in [0.15, 0.2) is 0 Å². The molecule has 1 atom stereocenters. The van der Waals surface area contributed by atoms with Gasteiger partial charge in [0.2, 0.25) is 11.8 Å². The van der Waals surface area contributed by atoms with Crippen LogP contribution in [-0.2, 0) is 11.3 Å². The van der Waals surface area contributed by atoms with Crippen molar-refractivity contribution in [2.75, 3.05) is 20.7 Å². The molecule has 1 fully saturated rings. The molecule has 7 heteroatoms. The van der Waals surface area contributed by atoms with Crippen LogP contribution in [-0.4, -0.2) is 58.3 Å². The largest absolute Gasteiger partial charge is 0.481 e. The van der Waals surface area contributed by atoms with Gasteiger partial charge >= 0.3 is 0 Å². The minimum Gasteiger partial charge on any atom is -0.481 e. The SMILES string of the molecule is COc1cccc(CN(C)C(=O)[C@@H]2CCCN2C(=O)c2ccccn2)n1. The Morgan fingerprint density at radius 1 is 1.27 bits per heavy atom. The molecule has 0 saturated carbocycles. The van der Waals surface area contributed by atoms with Crippen molar-refractivity contribution in [3.63, 3.8) is 0 Å². The molecule has 0 radical (unpaired) electrons. The van der Waals surface area contributed by atoms with E-state index in [4.69, 9.17) is 4.74 Å². The maximum atomic E-state index is 12.9. The van der Waals surface area contributed by atoms with E-state index in [0.717, 1.165) is 12.1 Å². The van der Waals surface area contributed by atoms with Gasteiger partial charge in [-0.25, -0.2) is 4.98 Å². The zero-order chi connectivity index (χ0) is 18.5. The Morgan fingerprint density at radius 2 is 2.12 bits per heavy atom. The minimum absolute atomic E-state index is 0.0867. The van der Waals surface area contributed by atoms with Gasteiger partial charge in [-0.05, 0) is 31.0 Å². The number of hydrogen-bond donors (Lipinski definition) is 0. The molecule has 136 valence electrons. The first-order chi connectivity index (χ1) is 12.6. The summed E-state index contributed by atoms with van der Waals surface area (Å²) in [5, 5.41) is 0. The number of pyridine rings is 2. The number of rotatable bonds is 5. The van der Waals surface area contributed by atoms with Crippen LogP contribution >= 0.6 is 0 Å². The fraction of sp³-hybridized carbons (Fsp3) is 0.368. The Balaban J connectivity index is 1.70. The van der Waals surface area contributed by atoms with Crippen molar-refractivity contribution in [2.45, 2.75) is 25.4 Å². The van der Waals surface area contributed by atoms with Gasteiger partial charge < -0.3 is 14.5 Å². The number of likely N-dealkylation sites (tertiary alicyclic amines) is 1. The second-order valence-corrected chi connectivity index (χ2v) is 6.24. The number of hydrogen-bond acceptors (Lipinski definition) is 5. The summed E-state index contributed by atoms with van der Waals surface area (Å²) in [6, 6.07) is 10.2. The number of methoxy groups -OCH3 is 1. The molecule has 0 N–H and O–H groups in total. The maximum Gasteiger partial charge on any atom is 0.273 e. The van der Waals surface area contributed by atoms with Crippen LogP contribution in [0.4, 0.5) is 0 Å². The van der Waals surface area contributed by atoms with Gasteiger partial charge in [0.25, 0.3) is 5.91 Å². The fourth-order valence-corrected chi connectivity index (χ4v) is 3.14. The van der Waals surface area contributed by atoms with Gasteiger partial charge in [-0.15, -0.1) is 0 Å². The smallest absolute Gasteiger partial charge is 0.273 e. The molecule has 1 aliphatic rings. The van der Waals surface area contributed by atoms with E-state index in [2.05, 4.69) is 9.97 Å². The van der Waals surface area contributed by atoms with Gasteiger partial charge in [-0.3, -0.25) is 14.6 Å². The zero-order valence-electron chi connectivity index (χ0n) is 15.0. The van der Waals surface area contributed by atoms with Gasteiger partial charge in [0.05, 0.1) is 19.3 Å². The predicted molar refractivity (Wildman–Crippen MR) is 95.6 cm³/mol. The van der Waals surface area contributed by atoms with Crippen molar-refractivity contribution in [2.24, 2.45) is 0 Å². The highest BCUT2D eigenvalue weighted by Gasteiger charge is 2.36. The van der Waals surface area contributed by atoms with E-state index in [9.17, 15) is 9.59 Å². The van der Waals surface area contributed by atoms with Gasteiger partial charge in [0.1, 0.15) is 11.7 Å². The van der Waals surface area contributed by atoms with Gasteiger partial charge in [-0.2, -0.15) is 0 Å². The van der Waals surface area contributed by atoms with E-state index in [1.165, 1.54) is 0 Å². The third-order valence-electron chi connectivity index (χ3n) is 4.45. The molecule has 2 aromatic heterocycles. The highest BCUT2D eigenvalue weighted by atomic mass is 16.5. The summed E-state index contributed by atoms with van der Waals surface area (Å²) in [5.74, 6) is 0.224. The number of aromatic nitrogens is 2. The van der Waals surface area contributed by atoms with E-state index in [1.54, 1.807) is 54.4 Å². The third-order valence-corrected chi connectivity index (χ3v) is 4.45. The Bertz CT molecular complexity index is 781.